The average Bonchev–Trinajstić information content (AvgIpc) is 2.61. The lowest BCUT2D eigenvalue weighted by molar-refractivity contribution is 0.809. The molecule has 2 heterocycles. The molecule has 74 valence electrons. The summed E-state index contributed by atoms with van der Waals surface area (Å²) in [6, 6.07) is 5.51. The summed E-state index contributed by atoms with van der Waals surface area (Å²) in [5.74, 6) is 0.730. The Morgan fingerprint density at radius 3 is 2.73 bits per heavy atom. The second-order valence-corrected chi connectivity index (χ2v) is 3.02. The van der Waals surface area contributed by atoms with Gasteiger partial charge in [0, 0.05) is 0 Å². The van der Waals surface area contributed by atoms with Gasteiger partial charge in [0.2, 0.25) is 0 Å². The van der Waals surface area contributed by atoms with Gasteiger partial charge in [-0.1, -0.05) is 0 Å². The number of rotatable bonds is 1. The topological polar surface area (TPSA) is 93.4 Å². The normalized spacial score (nSPS) is 9.87. The first-order valence-electron chi connectivity index (χ1n) is 4.26. The molecule has 0 saturated heterocycles. The molecule has 6 heteroatoms. The highest BCUT2D eigenvalue weighted by molar-refractivity contribution is 5.47. The zero-order chi connectivity index (χ0) is 10.8. The summed E-state index contributed by atoms with van der Waals surface area (Å²) in [5, 5.41) is 20.5. The van der Waals surface area contributed by atoms with Crippen molar-refractivity contribution in [2.24, 2.45) is 0 Å². The molecular weight excluding hydrogens is 192 g/mol. The maximum atomic E-state index is 8.70. The predicted octanol–water partition coefficient (Wildman–Crippen LogP) is 0.425. The molecule has 0 aromatic carbocycles. The minimum absolute atomic E-state index is 0.194. The van der Waals surface area contributed by atoms with Crippen LogP contribution >= 0.6 is 0 Å². The van der Waals surface area contributed by atoms with E-state index in [4.69, 9.17) is 11.0 Å². The van der Waals surface area contributed by atoms with Gasteiger partial charge in [0.25, 0.3) is 0 Å². The third-order valence-electron chi connectivity index (χ3n) is 1.88. The molecule has 2 N–H and O–H groups in total. The highest BCUT2D eigenvalue weighted by Gasteiger charge is 2.06. The van der Waals surface area contributed by atoms with Crippen molar-refractivity contribution in [1.82, 2.24) is 20.0 Å². The van der Waals surface area contributed by atoms with Crippen LogP contribution < -0.4 is 5.73 Å². The van der Waals surface area contributed by atoms with E-state index in [2.05, 4.69) is 15.3 Å². The molecule has 2 rings (SSSR count). The van der Waals surface area contributed by atoms with E-state index >= 15 is 0 Å². The Kier molecular flexibility index (Phi) is 2.06. The van der Waals surface area contributed by atoms with Crippen LogP contribution in [0.5, 0.6) is 0 Å². The predicted molar refractivity (Wildman–Crippen MR) is 53.0 cm³/mol. The summed E-state index contributed by atoms with van der Waals surface area (Å²) in [5.41, 5.74) is 6.67. The number of nitriles is 1. The van der Waals surface area contributed by atoms with Crippen LogP contribution in [0.2, 0.25) is 0 Å². The third-order valence-corrected chi connectivity index (χ3v) is 1.88. The number of aryl methyl sites for hydroxylation is 1. The van der Waals surface area contributed by atoms with Gasteiger partial charge in [-0.2, -0.15) is 10.4 Å². The van der Waals surface area contributed by atoms with Gasteiger partial charge < -0.3 is 5.73 Å². The first-order valence-corrected chi connectivity index (χ1v) is 4.26. The zero-order valence-electron chi connectivity index (χ0n) is 8.05. The van der Waals surface area contributed by atoms with Crippen LogP contribution in [0.4, 0.5) is 5.82 Å². The second kappa shape index (κ2) is 3.38. The Morgan fingerprint density at radius 1 is 1.40 bits per heavy atom. The Hall–Kier alpha value is -2.42. The fourth-order valence-corrected chi connectivity index (χ4v) is 1.10. The maximum Gasteiger partial charge on any atom is 0.175 e. The standard InChI is InChI=1S/C9H8N6/c1-6-2-3-8(13-12-6)15-5-7(4-10)9(11)14-15/h2-3,5H,1H3,(H2,11,14). The van der Waals surface area contributed by atoms with Gasteiger partial charge in [-0.25, -0.2) is 4.68 Å². The smallest absolute Gasteiger partial charge is 0.175 e. The summed E-state index contributed by atoms with van der Waals surface area (Å²) in [6.07, 6.45) is 1.52. The van der Waals surface area contributed by atoms with Gasteiger partial charge in [0.1, 0.15) is 11.6 Å². The molecule has 0 fully saturated rings. The van der Waals surface area contributed by atoms with Crippen molar-refractivity contribution in [2.45, 2.75) is 6.92 Å². The molecule has 6 nitrogen and oxygen atoms in total. The van der Waals surface area contributed by atoms with Crippen LogP contribution in [0, 0.1) is 18.3 Å². The second-order valence-electron chi connectivity index (χ2n) is 3.02. The summed E-state index contributed by atoms with van der Waals surface area (Å²) < 4.78 is 1.43. The van der Waals surface area contributed by atoms with E-state index < -0.39 is 0 Å². The maximum absolute atomic E-state index is 8.70. The summed E-state index contributed by atoms with van der Waals surface area (Å²) in [6.45, 7) is 1.84. The van der Waals surface area contributed by atoms with Gasteiger partial charge in [-0.3, -0.25) is 0 Å². The number of aromatic nitrogens is 4. The summed E-state index contributed by atoms with van der Waals surface area (Å²) in [7, 11) is 0. The highest BCUT2D eigenvalue weighted by Crippen LogP contribution is 2.10. The van der Waals surface area contributed by atoms with E-state index in [1.807, 2.05) is 19.1 Å². The van der Waals surface area contributed by atoms with E-state index in [1.165, 1.54) is 10.9 Å². The van der Waals surface area contributed by atoms with Gasteiger partial charge >= 0.3 is 0 Å². The molecule has 0 spiro atoms. The van der Waals surface area contributed by atoms with Crippen molar-refractivity contribution in [3.63, 3.8) is 0 Å². The van der Waals surface area contributed by atoms with E-state index in [1.54, 1.807) is 6.07 Å². The molecule has 0 amide bonds. The lowest BCUT2D eigenvalue weighted by Crippen LogP contribution is -2.00. The number of anilines is 1. The van der Waals surface area contributed by atoms with Crippen molar-refractivity contribution in [1.29, 1.82) is 5.26 Å². The zero-order valence-corrected chi connectivity index (χ0v) is 8.05. The van der Waals surface area contributed by atoms with Crippen molar-refractivity contribution in [3.05, 3.63) is 29.6 Å². The van der Waals surface area contributed by atoms with E-state index in [9.17, 15) is 0 Å². The Balaban J connectivity index is 2.46. The first kappa shape index (κ1) is 9.15. The number of hydrogen-bond acceptors (Lipinski definition) is 5. The van der Waals surface area contributed by atoms with Crippen LogP contribution in [-0.2, 0) is 0 Å². The quantitative estimate of drug-likeness (QED) is 0.720. The van der Waals surface area contributed by atoms with Crippen molar-refractivity contribution < 1.29 is 0 Å². The molecule has 2 aromatic rings. The monoisotopic (exact) mass is 200 g/mol. The molecule has 2 aromatic heterocycles. The van der Waals surface area contributed by atoms with E-state index in [0.717, 1.165) is 5.69 Å². The number of nitrogens with zero attached hydrogens (tertiary/aromatic N) is 5. The number of nitrogens with two attached hydrogens (primary N) is 1. The van der Waals surface area contributed by atoms with Crippen LogP contribution in [-0.4, -0.2) is 20.0 Å². The molecule has 0 aliphatic heterocycles. The summed E-state index contributed by atoms with van der Waals surface area (Å²) >= 11 is 0. The van der Waals surface area contributed by atoms with Gasteiger partial charge in [-0.05, 0) is 19.1 Å². The van der Waals surface area contributed by atoms with Crippen molar-refractivity contribution >= 4 is 5.82 Å². The minimum Gasteiger partial charge on any atom is -0.381 e. The van der Waals surface area contributed by atoms with E-state index in [0.29, 0.717) is 11.4 Å². The SMILES string of the molecule is Cc1ccc(-n2cc(C#N)c(N)n2)nn1. The van der Waals surface area contributed by atoms with Gasteiger partial charge in [-0.15, -0.1) is 10.2 Å². The molecule has 0 aliphatic rings. The van der Waals surface area contributed by atoms with Gasteiger partial charge in [0.15, 0.2) is 11.6 Å². The Morgan fingerprint density at radius 2 is 2.20 bits per heavy atom. The molecular formula is C9H8N6. The van der Waals surface area contributed by atoms with Gasteiger partial charge in [0.05, 0.1) is 11.9 Å². The molecule has 0 saturated carbocycles. The lowest BCUT2D eigenvalue weighted by atomic mass is 10.4. The molecule has 0 bridgehead atoms. The average molecular weight is 200 g/mol. The van der Waals surface area contributed by atoms with Crippen molar-refractivity contribution in [3.8, 4) is 11.9 Å². The molecule has 0 unspecified atom stereocenters. The highest BCUT2D eigenvalue weighted by atomic mass is 15.3. The Labute approximate surface area is 86.0 Å². The molecule has 0 atom stereocenters. The first-order chi connectivity index (χ1) is 7.20. The lowest BCUT2D eigenvalue weighted by Gasteiger charge is -1.97. The Bertz CT molecular complexity index is 519. The van der Waals surface area contributed by atoms with Crippen molar-refractivity contribution in [2.75, 3.05) is 5.73 Å². The van der Waals surface area contributed by atoms with Crippen LogP contribution in [0.3, 0.4) is 0 Å². The third kappa shape index (κ3) is 1.62. The van der Waals surface area contributed by atoms with E-state index in [-0.39, 0.29) is 5.82 Å². The minimum atomic E-state index is 0.194. The molecule has 0 radical (unpaired) electrons. The molecule has 15 heavy (non-hydrogen) atoms. The van der Waals surface area contributed by atoms with Crippen LogP contribution in [0.1, 0.15) is 11.3 Å². The molecule has 0 aliphatic carbocycles. The van der Waals surface area contributed by atoms with Crippen LogP contribution in [0.25, 0.3) is 5.82 Å². The fourth-order valence-electron chi connectivity index (χ4n) is 1.10. The largest absolute Gasteiger partial charge is 0.381 e. The fraction of sp³-hybridized carbons (Fsp3) is 0.111. The van der Waals surface area contributed by atoms with Crippen LogP contribution in [0.15, 0.2) is 18.3 Å². The number of nitrogen functional groups attached to an aromatic ring is 1. The number of hydrogen-bond donors (Lipinski definition) is 1. The summed E-state index contributed by atoms with van der Waals surface area (Å²) in [4.78, 5) is 0.